The van der Waals surface area contributed by atoms with E-state index in [-0.39, 0.29) is 17.7 Å². The average Bonchev–Trinajstić information content (AvgIpc) is 3.28. The molecule has 8 nitrogen and oxygen atoms in total. The van der Waals surface area contributed by atoms with E-state index in [2.05, 4.69) is 5.32 Å². The largest absolute Gasteiger partial charge is 0.495 e. The van der Waals surface area contributed by atoms with Crippen LogP contribution in [0.25, 0.3) is 6.08 Å². The molecule has 1 atom stereocenters. The Kier molecular flexibility index (Phi) is 8.17. The van der Waals surface area contributed by atoms with Crippen molar-refractivity contribution in [3.05, 3.63) is 47.0 Å². The summed E-state index contributed by atoms with van der Waals surface area (Å²) in [7, 11) is 8.03. The van der Waals surface area contributed by atoms with Crippen molar-refractivity contribution in [3.63, 3.8) is 0 Å². The van der Waals surface area contributed by atoms with E-state index >= 15 is 0 Å². The van der Waals surface area contributed by atoms with Crippen LogP contribution in [0.4, 0.5) is 5.69 Å². The molecule has 34 heavy (non-hydrogen) atoms. The van der Waals surface area contributed by atoms with Crippen LogP contribution >= 0.6 is 0 Å². The molecular formula is C26H32N2O6. The van der Waals surface area contributed by atoms with Crippen molar-refractivity contribution in [1.29, 1.82) is 0 Å². The Morgan fingerprint density at radius 3 is 2.15 bits per heavy atom. The van der Waals surface area contributed by atoms with Crippen molar-refractivity contribution in [3.8, 4) is 23.0 Å². The molecule has 0 radical (unpaired) electrons. The van der Waals surface area contributed by atoms with Crippen LogP contribution in [0.2, 0.25) is 0 Å². The predicted molar refractivity (Wildman–Crippen MR) is 131 cm³/mol. The molecule has 1 amide bonds. The Balaban J connectivity index is 1.88. The SMILES string of the molecule is COc1ccc(C=C(C)C(=O)c2cc(OC)c(OC)c(OC)c2)cc1NC(=O)[C@@H]1CCCN1C. The van der Waals surface area contributed by atoms with Gasteiger partial charge in [0.05, 0.1) is 40.2 Å². The van der Waals surface area contributed by atoms with Gasteiger partial charge in [-0.05, 0) is 74.8 Å². The summed E-state index contributed by atoms with van der Waals surface area (Å²) in [5.74, 6) is 1.54. The molecule has 1 heterocycles. The Hall–Kier alpha value is -3.52. The van der Waals surface area contributed by atoms with Crippen LogP contribution in [0.1, 0.15) is 35.7 Å². The Bertz CT molecular complexity index is 1070. The number of carbonyl (C=O) groups is 2. The summed E-state index contributed by atoms with van der Waals surface area (Å²) >= 11 is 0. The van der Waals surface area contributed by atoms with Crippen molar-refractivity contribution in [2.45, 2.75) is 25.8 Å². The molecule has 1 N–H and O–H groups in total. The average molecular weight is 469 g/mol. The van der Waals surface area contributed by atoms with Crippen LogP contribution in [0.3, 0.4) is 0 Å². The van der Waals surface area contributed by atoms with Crippen molar-refractivity contribution in [2.24, 2.45) is 0 Å². The fourth-order valence-corrected chi connectivity index (χ4v) is 4.13. The molecule has 2 aromatic rings. The monoisotopic (exact) mass is 468 g/mol. The van der Waals surface area contributed by atoms with Crippen LogP contribution in [-0.2, 0) is 4.79 Å². The van der Waals surface area contributed by atoms with E-state index in [4.69, 9.17) is 18.9 Å². The Morgan fingerprint density at radius 1 is 0.971 bits per heavy atom. The molecule has 0 unspecified atom stereocenters. The number of rotatable bonds is 9. The lowest BCUT2D eigenvalue weighted by molar-refractivity contribution is -0.119. The standard InChI is InChI=1S/C26H32N2O6/c1-16(24(29)18-14-22(32-4)25(34-6)23(15-18)33-5)12-17-9-10-21(31-3)19(13-17)27-26(30)20-8-7-11-28(20)2/h9-10,12-15,20H,7-8,11H2,1-6H3,(H,27,30)/t20-/m0/s1. The summed E-state index contributed by atoms with van der Waals surface area (Å²) in [5, 5.41) is 2.98. The molecule has 0 spiro atoms. The Morgan fingerprint density at radius 2 is 1.62 bits per heavy atom. The number of likely N-dealkylation sites (N-methyl/N-ethyl adjacent to an activating group) is 1. The lowest BCUT2D eigenvalue weighted by atomic mass is 10.0. The molecule has 1 aliphatic rings. The van der Waals surface area contributed by atoms with Crippen molar-refractivity contribution in [1.82, 2.24) is 4.90 Å². The molecule has 0 saturated carbocycles. The van der Waals surface area contributed by atoms with E-state index in [1.165, 1.54) is 21.3 Å². The van der Waals surface area contributed by atoms with Crippen molar-refractivity contribution in [2.75, 3.05) is 47.3 Å². The highest BCUT2D eigenvalue weighted by molar-refractivity contribution is 6.11. The summed E-state index contributed by atoms with van der Waals surface area (Å²) in [6.45, 7) is 2.64. The van der Waals surface area contributed by atoms with Crippen molar-refractivity contribution >= 4 is 23.5 Å². The van der Waals surface area contributed by atoms with E-state index in [0.717, 1.165) is 24.9 Å². The minimum Gasteiger partial charge on any atom is -0.495 e. The number of methoxy groups -OCH3 is 4. The third-order valence-corrected chi connectivity index (χ3v) is 5.97. The molecule has 8 heteroatoms. The molecule has 1 saturated heterocycles. The number of nitrogens with one attached hydrogen (secondary N) is 1. The topological polar surface area (TPSA) is 86.3 Å². The number of allylic oxidation sites excluding steroid dienone is 1. The number of benzene rings is 2. The third-order valence-electron chi connectivity index (χ3n) is 5.97. The molecule has 1 fully saturated rings. The lowest BCUT2D eigenvalue weighted by Gasteiger charge is -2.19. The van der Waals surface area contributed by atoms with Gasteiger partial charge in [-0.15, -0.1) is 0 Å². The summed E-state index contributed by atoms with van der Waals surface area (Å²) in [4.78, 5) is 28.0. The van der Waals surface area contributed by atoms with E-state index in [9.17, 15) is 9.59 Å². The molecule has 3 rings (SSSR count). The van der Waals surface area contributed by atoms with Gasteiger partial charge in [0.2, 0.25) is 11.7 Å². The number of nitrogens with zero attached hydrogens (tertiary/aromatic N) is 1. The number of ether oxygens (including phenoxy) is 4. The highest BCUT2D eigenvalue weighted by Crippen LogP contribution is 2.39. The third kappa shape index (κ3) is 5.34. The molecule has 1 aliphatic heterocycles. The van der Waals surface area contributed by atoms with Crippen LogP contribution < -0.4 is 24.3 Å². The molecule has 0 aromatic heterocycles. The van der Waals surface area contributed by atoms with E-state index in [0.29, 0.717) is 39.8 Å². The maximum absolute atomic E-state index is 13.2. The Labute approximate surface area is 200 Å². The number of carbonyl (C=O) groups excluding carboxylic acids is 2. The first-order valence-corrected chi connectivity index (χ1v) is 11.0. The highest BCUT2D eigenvalue weighted by atomic mass is 16.5. The van der Waals surface area contributed by atoms with E-state index in [1.807, 2.05) is 18.0 Å². The highest BCUT2D eigenvalue weighted by Gasteiger charge is 2.28. The van der Waals surface area contributed by atoms with Gasteiger partial charge in [0.1, 0.15) is 5.75 Å². The van der Waals surface area contributed by atoms with Crippen molar-refractivity contribution < 1.29 is 28.5 Å². The van der Waals surface area contributed by atoms with Gasteiger partial charge in [0.25, 0.3) is 0 Å². The zero-order valence-electron chi connectivity index (χ0n) is 20.6. The van der Waals surface area contributed by atoms with Crippen LogP contribution in [0.5, 0.6) is 23.0 Å². The van der Waals surface area contributed by atoms with Gasteiger partial charge in [-0.25, -0.2) is 0 Å². The van der Waals surface area contributed by atoms with E-state index < -0.39 is 0 Å². The van der Waals surface area contributed by atoms with Crippen LogP contribution in [0, 0.1) is 0 Å². The maximum atomic E-state index is 13.2. The fourth-order valence-electron chi connectivity index (χ4n) is 4.13. The van der Waals surface area contributed by atoms with Gasteiger partial charge in [-0.2, -0.15) is 0 Å². The second-order valence-corrected chi connectivity index (χ2v) is 8.16. The van der Waals surface area contributed by atoms with Gasteiger partial charge >= 0.3 is 0 Å². The minimum atomic E-state index is -0.187. The number of Topliss-reactive ketones (excluding diaryl/α,β-unsaturated/α-hetero) is 1. The normalized spacial score (nSPS) is 16.2. The summed E-state index contributed by atoms with van der Waals surface area (Å²) in [6.07, 6.45) is 3.59. The molecule has 182 valence electrons. The zero-order chi connectivity index (χ0) is 24.8. The fraction of sp³-hybridized carbons (Fsp3) is 0.385. The van der Waals surface area contributed by atoms with E-state index in [1.54, 1.807) is 44.4 Å². The number of hydrogen-bond donors (Lipinski definition) is 1. The second-order valence-electron chi connectivity index (χ2n) is 8.16. The number of likely N-dealkylation sites (tertiary alicyclic amines) is 1. The summed E-state index contributed by atoms with van der Waals surface area (Å²) in [5.41, 5.74) is 2.24. The first-order valence-electron chi connectivity index (χ1n) is 11.0. The summed E-state index contributed by atoms with van der Waals surface area (Å²) in [6, 6.07) is 8.50. The second kappa shape index (κ2) is 11.1. The van der Waals surface area contributed by atoms with Gasteiger partial charge in [-0.3, -0.25) is 14.5 Å². The van der Waals surface area contributed by atoms with Gasteiger partial charge in [0, 0.05) is 5.56 Å². The first kappa shape index (κ1) is 25.1. The number of anilines is 1. The van der Waals surface area contributed by atoms with Crippen LogP contribution in [0.15, 0.2) is 35.9 Å². The lowest BCUT2D eigenvalue weighted by Crippen LogP contribution is -2.37. The smallest absolute Gasteiger partial charge is 0.241 e. The summed E-state index contributed by atoms with van der Waals surface area (Å²) < 4.78 is 21.5. The zero-order valence-corrected chi connectivity index (χ0v) is 20.6. The quantitative estimate of drug-likeness (QED) is 0.439. The van der Waals surface area contributed by atoms with Crippen LogP contribution in [-0.4, -0.2) is 64.7 Å². The predicted octanol–water partition coefficient (Wildman–Crippen LogP) is 4.04. The first-order chi connectivity index (χ1) is 16.3. The van der Waals surface area contributed by atoms with Gasteiger partial charge < -0.3 is 24.3 Å². The molecule has 0 bridgehead atoms. The number of hydrogen-bond acceptors (Lipinski definition) is 7. The van der Waals surface area contributed by atoms with Gasteiger partial charge in [0.15, 0.2) is 17.3 Å². The number of amides is 1. The van der Waals surface area contributed by atoms with Gasteiger partial charge in [-0.1, -0.05) is 6.07 Å². The minimum absolute atomic E-state index is 0.0651. The molecular weight excluding hydrogens is 436 g/mol. The number of ketones is 1. The molecule has 0 aliphatic carbocycles. The molecule has 2 aromatic carbocycles. The maximum Gasteiger partial charge on any atom is 0.241 e.